The van der Waals surface area contributed by atoms with Crippen LogP contribution in [0.5, 0.6) is 23.0 Å². The van der Waals surface area contributed by atoms with E-state index < -0.39 is 53.4 Å². The maximum atomic E-state index is 14.9. The molecule has 308 valence electrons. The number of rotatable bonds is 12. The van der Waals surface area contributed by atoms with Crippen molar-refractivity contribution in [2.45, 2.75) is 62.5 Å². The van der Waals surface area contributed by atoms with Crippen molar-refractivity contribution in [3.05, 3.63) is 167 Å². The van der Waals surface area contributed by atoms with E-state index in [4.69, 9.17) is 32.7 Å². The fourth-order valence-electron chi connectivity index (χ4n) is 6.25. The van der Waals surface area contributed by atoms with Gasteiger partial charge in [0.2, 0.25) is 25.1 Å². The second-order valence-corrected chi connectivity index (χ2v) is 18.6. The molecule has 16 heteroatoms. The molecule has 0 aliphatic heterocycles. The number of hydrogen-bond acceptors (Lipinski definition) is 6. The molecule has 0 saturated carbocycles. The molecule has 1 unspecified atom stereocenters. The van der Waals surface area contributed by atoms with E-state index in [0.717, 1.165) is 29.8 Å². The van der Waals surface area contributed by atoms with Crippen molar-refractivity contribution >= 4 is 42.9 Å². The van der Waals surface area contributed by atoms with Gasteiger partial charge in [-0.15, -0.1) is 11.6 Å². The predicted molar refractivity (Wildman–Crippen MR) is 211 cm³/mol. The van der Waals surface area contributed by atoms with Crippen molar-refractivity contribution in [2.75, 3.05) is 0 Å². The first-order valence-electron chi connectivity index (χ1n) is 17.6. The smallest absolute Gasteiger partial charge is 0.411 e. The Morgan fingerprint density at radius 1 is 0.458 bits per heavy atom. The summed E-state index contributed by atoms with van der Waals surface area (Å²) in [5.74, 6) is -0.102. The van der Waals surface area contributed by atoms with E-state index in [-0.39, 0.29) is 42.6 Å². The van der Waals surface area contributed by atoms with Gasteiger partial charge in [-0.3, -0.25) is 0 Å². The van der Waals surface area contributed by atoms with Crippen molar-refractivity contribution < 1.29 is 52.7 Å². The number of alkyl halides is 7. The number of ether oxygens (including phenoxy) is 2. The predicted octanol–water partition coefficient (Wildman–Crippen LogP) is 12.9. The minimum absolute atomic E-state index is 0.0165. The number of sulfone groups is 2. The topological polar surface area (TPSA) is 86.7 Å². The van der Waals surface area contributed by atoms with E-state index in [1.807, 2.05) is 13.8 Å². The summed E-state index contributed by atoms with van der Waals surface area (Å²) < 4.78 is 153. The summed E-state index contributed by atoms with van der Waals surface area (Å²) in [7, 11) is -7.87. The van der Waals surface area contributed by atoms with Gasteiger partial charge in [0.1, 0.15) is 23.0 Å². The van der Waals surface area contributed by atoms with E-state index in [1.165, 1.54) is 84.9 Å². The number of benzene rings is 6. The molecule has 0 aromatic heterocycles. The molecule has 0 N–H and O–H groups in total. The van der Waals surface area contributed by atoms with Crippen LogP contribution in [0.25, 0.3) is 0 Å². The minimum Gasteiger partial charge on any atom is -0.457 e. The molecule has 1 atom stereocenters. The van der Waals surface area contributed by atoms with Crippen LogP contribution in [0.1, 0.15) is 37.0 Å². The molecule has 6 aromatic carbocycles. The van der Waals surface area contributed by atoms with Gasteiger partial charge in [0.15, 0.2) is 0 Å². The lowest BCUT2D eigenvalue weighted by molar-refractivity contribution is -0.288. The van der Waals surface area contributed by atoms with Crippen LogP contribution in [0.3, 0.4) is 0 Å². The summed E-state index contributed by atoms with van der Waals surface area (Å²) in [5.41, 5.74) is -6.01. The first-order chi connectivity index (χ1) is 27.6. The van der Waals surface area contributed by atoms with Crippen molar-refractivity contribution in [1.29, 1.82) is 0 Å². The molecule has 0 heterocycles. The largest absolute Gasteiger partial charge is 0.457 e. The van der Waals surface area contributed by atoms with E-state index in [2.05, 4.69) is 0 Å². The molecular weight excluding hydrogens is 861 g/mol. The van der Waals surface area contributed by atoms with Gasteiger partial charge in [-0.25, -0.2) is 16.8 Å². The highest BCUT2D eigenvalue weighted by Crippen LogP contribution is 2.56. The van der Waals surface area contributed by atoms with E-state index >= 15 is 0 Å². The highest BCUT2D eigenvalue weighted by Gasteiger charge is 2.72. The summed E-state index contributed by atoms with van der Waals surface area (Å²) in [5, 5.41) is 0.341. The average Bonchev–Trinajstić information content (AvgIpc) is 3.19. The Kier molecular flexibility index (Phi) is 12.0. The lowest BCUT2D eigenvalue weighted by atomic mass is 9.73. The Bertz CT molecular complexity index is 2620. The summed E-state index contributed by atoms with van der Waals surface area (Å²) in [4.78, 5) is -0.836. The SMILES string of the molecule is CCC(C)(Cl)c1ccc(S(=O)(=O)c2ccc(Oc3ccc(C(c4ccc(Oc5ccc(S(=O)(=O)c6ccc(Cl)cc6)cc5)cc4)(C(F)(F)F)C(F)(F)F)cc3)cc2)cc1. The van der Waals surface area contributed by atoms with Gasteiger partial charge in [-0.1, -0.05) is 54.9 Å². The fourth-order valence-corrected chi connectivity index (χ4v) is 9.02. The molecule has 0 aliphatic rings. The van der Waals surface area contributed by atoms with Crippen molar-refractivity contribution in [3.63, 3.8) is 0 Å². The number of hydrogen-bond donors (Lipinski definition) is 0. The van der Waals surface area contributed by atoms with Crippen LogP contribution in [-0.4, -0.2) is 29.2 Å². The molecule has 0 saturated heterocycles. The van der Waals surface area contributed by atoms with Gasteiger partial charge < -0.3 is 9.47 Å². The van der Waals surface area contributed by atoms with Gasteiger partial charge in [-0.05, 0) is 139 Å². The molecule has 6 aromatic rings. The monoisotopic (exact) mass is 892 g/mol. The molecule has 0 fully saturated rings. The third-order valence-corrected chi connectivity index (χ3v) is 14.0. The van der Waals surface area contributed by atoms with Crippen LogP contribution in [0.2, 0.25) is 5.02 Å². The highest BCUT2D eigenvalue weighted by atomic mass is 35.5. The Morgan fingerprint density at radius 2 is 0.712 bits per heavy atom. The zero-order valence-corrected chi connectivity index (χ0v) is 34.0. The van der Waals surface area contributed by atoms with Crippen molar-refractivity contribution in [3.8, 4) is 23.0 Å². The lowest BCUT2D eigenvalue weighted by Gasteiger charge is -2.38. The third-order valence-electron chi connectivity index (χ3n) is 9.72. The van der Waals surface area contributed by atoms with Gasteiger partial charge in [0.05, 0.1) is 24.5 Å². The zero-order valence-electron chi connectivity index (χ0n) is 30.9. The Balaban J connectivity index is 1.21. The average molecular weight is 894 g/mol. The van der Waals surface area contributed by atoms with Gasteiger partial charge in [0, 0.05) is 5.02 Å². The highest BCUT2D eigenvalue weighted by molar-refractivity contribution is 7.91. The molecule has 59 heavy (non-hydrogen) atoms. The Labute approximate surface area is 346 Å². The minimum atomic E-state index is -5.87. The second kappa shape index (κ2) is 16.2. The van der Waals surface area contributed by atoms with Crippen LogP contribution < -0.4 is 9.47 Å². The molecule has 0 bridgehead atoms. The maximum Gasteiger partial charge on any atom is 0.411 e. The van der Waals surface area contributed by atoms with Gasteiger partial charge >= 0.3 is 12.4 Å². The molecule has 0 radical (unpaired) electrons. The molecular formula is C43H32Cl2F6O6S2. The van der Waals surface area contributed by atoms with Crippen LogP contribution in [0.4, 0.5) is 26.3 Å². The van der Waals surface area contributed by atoms with E-state index in [0.29, 0.717) is 35.7 Å². The van der Waals surface area contributed by atoms with E-state index in [9.17, 15) is 43.2 Å². The molecule has 0 aliphatic carbocycles. The van der Waals surface area contributed by atoms with Crippen LogP contribution in [-0.2, 0) is 30.0 Å². The normalized spacial score (nSPS) is 13.7. The summed E-state index contributed by atoms with van der Waals surface area (Å²) in [6, 6.07) is 28.2. The lowest BCUT2D eigenvalue weighted by Crippen LogP contribution is -2.54. The Hall–Kier alpha value is -5.02. The number of halogens is 8. The first kappa shape index (κ1) is 43.6. The summed E-state index contributed by atoms with van der Waals surface area (Å²) >= 11 is 12.3. The van der Waals surface area contributed by atoms with Crippen LogP contribution >= 0.6 is 23.2 Å². The molecule has 6 nitrogen and oxygen atoms in total. The van der Waals surface area contributed by atoms with Gasteiger partial charge in [-0.2, -0.15) is 26.3 Å². The fraction of sp³-hybridized carbons (Fsp3) is 0.163. The maximum absolute atomic E-state index is 14.9. The molecule has 6 rings (SSSR count). The molecule has 0 amide bonds. The van der Waals surface area contributed by atoms with Crippen LogP contribution in [0, 0.1) is 0 Å². The second-order valence-electron chi connectivity index (χ2n) is 13.5. The first-order valence-corrected chi connectivity index (χ1v) is 21.3. The third kappa shape index (κ3) is 8.68. The Morgan fingerprint density at radius 3 is 1.00 bits per heavy atom. The van der Waals surface area contributed by atoms with Crippen molar-refractivity contribution in [1.82, 2.24) is 0 Å². The van der Waals surface area contributed by atoms with Crippen LogP contribution in [0.15, 0.2) is 165 Å². The zero-order chi connectivity index (χ0) is 43.0. The summed E-state index contributed by atoms with van der Waals surface area (Å²) in [6.45, 7) is 3.72. The van der Waals surface area contributed by atoms with E-state index in [1.54, 1.807) is 12.1 Å². The quantitative estimate of drug-likeness (QED) is 0.0898. The van der Waals surface area contributed by atoms with Crippen molar-refractivity contribution in [2.24, 2.45) is 0 Å². The molecule has 0 spiro atoms. The van der Waals surface area contributed by atoms with Gasteiger partial charge in [0.25, 0.3) is 0 Å². The standard InChI is InChI=1S/C43H32Cl2F6O6S2/c1-3-40(2,45)28-8-20-36(21-9-28)58(52,53)38-24-16-34(17-25-38)56-32-12-4-29(5-13-32)41(42(46,47)48,43(49,50)51)30-6-14-33(15-7-30)57-35-18-26-39(27-19-35)59(54,55)37-22-10-31(44)11-23-37/h4-27H,3H2,1-2H3. The summed E-state index contributed by atoms with van der Waals surface area (Å²) in [6.07, 6.45) is -11.1.